The van der Waals surface area contributed by atoms with E-state index in [1.165, 1.54) is 29.2 Å². The van der Waals surface area contributed by atoms with Crippen LogP contribution in [-0.4, -0.2) is 69.2 Å². The second-order valence-corrected chi connectivity index (χ2v) is 9.52. The molecule has 1 unspecified atom stereocenters. The van der Waals surface area contributed by atoms with Crippen LogP contribution in [0.25, 0.3) is 0 Å². The average Bonchev–Trinajstić information content (AvgIpc) is 2.75. The number of likely N-dealkylation sites (N-methyl/N-ethyl adjacent to an activating group) is 1. The highest BCUT2D eigenvalue weighted by Gasteiger charge is 2.42. The normalized spacial score (nSPS) is 19.1. The summed E-state index contributed by atoms with van der Waals surface area (Å²) in [5.41, 5.74) is -2.32. The van der Waals surface area contributed by atoms with Crippen molar-refractivity contribution in [2.75, 3.05) is 26.7 Å². The fourth-order valence-electron chi connectivity index (χ4n) is 3.58. The quantitative estimate of drug-likeness (QED) is 0.617. The zero-order chi connectivity index (χ0) is 25.3. The van der Waals surface area contributed by atoms with E-state index in [1.54, 1.807) is 27.7 Å². The molecule has 1 saturated heterocycles. The maximum absolute atomic E-state index is 13.1. The Bertz CT molecular complexity index is 1130. The Morgan fingerprint density at radius 3 is 2.53 bits per heavy atom. The van der Waals surface area contributed by atoms with E-state index in [0.717, 1.165) is 0 Å². The van der Waals surface area contributed by atoms with Crippen LogP contribution in [0, 0.1) is 5.82 Å². The predicted octanol–water partition coefficient (Wildman–Crippen LogP) is 1.94. The van der Waals surface area contributed by atoms with Crippen LogP contribution in [0.3, 0.4) is 0 Å². The highest BCUT2D eigenvalue weighted by atomic mass is 19.1. The first kappa shape index (κ1) is 25.2. The maximum atomic E-state index is 13.1. The van der Waals surface area contributed by atoms with Crippen LogP contribution in [0.1, 0.15) is 49.6 Å². The van der Waals surface area contributed by atoms with Gasteiger partial charge in [-0.3, -0.25) is 14.5 Å². The lowest BCUT2D eigenvalue weighted by atomic mass is 9.95. The van der Waals surface area contributed by atoms with E-state index in [9.17, 15) is 23.9 Å². The number of ether oxygens (including phenoxy) is 1. The second-order valence-electron chi connectivity index (χ2n) is 9.52. The highest BCUT2D eigenvalue weighted by molar-refractivity contribution is 5.94. The minimum Gasteiger partial charge on any atom is -0.501 e. The standard InChI is InChI=1S/C23H30FN5O5/c1-22(2,3)34-21(33)29-11-10-28(5)23(4,13-29)20-26-16(17(30)19(32)27-20)18(31)25-12-14-6-8-15(24)9-7-14/h6-9,30H,10-13H2,1-5H3,(H,25,31)(H,26,27,32). The number of piperazine rings is 1. The van der Waals surface area contributed by atoms with Gasteiger partial charge in [0.05, 0.1) is 5.54 Å². The molecule has 1 aromatic heterocycles. The van der Waals surface area contributed by atoms with Crippen LogP contribution in [0.4, 0.5) is 9.18 Å². The first-order valence-electron chi connectivity index (χ1n) is 10.9. The van der Waals surface area contributed by atoms with Gasteiger partial charge in [0.15, 0.2) is 5.69 Å². The molecule has 2 amide bonds. The number of nitrogens with one attached hydrogen (secondary N) is 2. The third-order valence-electron chi connectivity index (χ3n) is 5.68. The maximum Gasteiger partial charge on any atom is 0.410 e. The number of rotatable bonds is 4. The molecule has 1 atom stereocenters. The summed E-state index contributed by atoms with van der Waals surface area (Å²) in [7, 11) is 1.81. The van der Waals surface area contributed by atoms with Gasteiger partial charge in [-0.15, -0.1) is 0 Å². The first-order valence-corrected chi connectivity index (χ1v) is 10.9. The molecule has 0 spiro atoms. The summed E-state index contributed by atoms with van der Waals surface area (Å²) < 4.78 is 18.6. The zero-order valence-electron chi connectivity index (χ0n) is 19.9. The Balaban J connectivity index is 1.86. The van der Waals surface area contributed by atoms with E-state index in [0.29, 0.717) is 18.7 Å². The minimum absolute atomic E-state index is 0.0476. The molecular formula is C23H30FN5O5. The molecule has 0 saturated carbocycles. The van der Waals surface area contributed by atoms with E-state index in [4.69, 9.17) is 4.74 Å². The molecular weight excluding hydrogens is 445 g/mol. The number of carbonyl (C=O) groups excluding carboxylic acids is 2. The van der Waals surface area contributed by atoms with Crippen LogP contribution < -0.4 is 10.9 Å². The Morgan fingerprint density at radius 2 is 1.91 bits per heavy atom. The van der Waals surface area contributed by atoms with Crippen molar-refractivity contribution in [1.82, 2.24) is 25.1 Å². The van der Waals surface area contributed by atoms with Crippen molar-refractivity contribution in [3.05, 3.63) is 57.5 Å². The Kier molecular flexibility index (Phi) is 6.97. The van der Waals surface area contributed by atoms with Crippen molar-refractivity contribution < 1.29 is 23.8 Å². The molecule has 1 aliphatic rings. The van der Waals surface area contributed by atoms with Gasteiger partial charge in [-0.1, -0.05) is 12.1 Å². The zero-order valence-corrected chi connectivity index (χ0v) is 19.9. The van der Waals surface area contributed by atoms with Gasteiger partial charge in [0.2, 0.25) is 5.75 Å². The summed E-state index contributed by atoms with van der Waals surface area (Å²) in [6.07, 6.45) is -0.495. The molecule has 3 rings (SSSR count). The average molecular weight is 476 g/mol. The van der Waals surface area contributed by atoms with Gasteiger partial charge >= 0.3 is 6.09 Å². The number of nitrogens with zero attached hydrogens (tertiary/aromatic N) is 3. The Morgan fingerprint density at radius 1 is 1.26 bits per heavy atom. The van der Waals surface area contributed by atoms with Crippen LogP contribution in [0.2, 0.25) is 0 Å². The number of amides is 2. The first-order chi connectivity index (χ1) is 15.8. The van der Waals surface area contributed by atoms with Crippen LogP contribution in [0.15, 0.2) is 29.1 Å². The number of aromatic amines is 1. The van der Waals surface area contributed by atoms with Crippen molar-refractivity contribution in [1.29, 1.82) is 0 Å². The predicted molar refractivity (Wildman–Crippen MR) is 122 cm³/mol. The fourth-order valence-corrected chi connectivity index (χ4v) is 3.58. The molecule has 1 aliphatic heterocycles. The molecule has 184 valence electrons. The summed E-state index contributed by atoms with van der Waals surface area (Å²) in [4.78, 5) is 48.1. The van der Waals surface area contributed by atoms with E-state index < -0.39 is 46.0 Å². The molecule has 0 radical (unpaired) electrons. The number of aromatic nitrogens is 2. The van der Waals surface area contributed by atoms with Crippen LogP contribution in [-0.2, 0) is 16.8 Å². The Hall–Kier alpha value is -3.47. The number of hydrogen-bond acceptors (Lipinski definition) is 7. The van der Waals surface area contributed by atoms with E-state index in [2.05, 4.69) is 15.3 Å². The number of H-pyrrole nitrogens is 1. The van der Waals surface area contributed by atoms with Gasteiger partial charge in [0, 0.05) is 26.2 Å². The third-order valence-corrected chi connectivity index (χ3v) is 5.68. The summed E-state index contributed by atoms with van der Waals surface area (Å²) in [6, 6.07) is 5.54. The topological polar surface area (TPSA) is 128 Å². The van der Waals surface area contributed by atoms with Gasteiger partial charge in [-0.05, 0) is 52.4 Å². The van der Waals surface area contributed by atoms with E-state index >= 15 is 0 Å². The number of halogens is 1. The molecule has 3 N–H and O–H groups in total. The van der Waals surface area contributed by atoms with Crippen molar-refractivity contribution in [3.8, 4) is 5.75 Å². The van der Waals surface area contributed by atoms with Gasteiger partial charge < -0.3 is 25.0 Å². The molecule has 11 heteroatoms. The number of aromatic hydroxyl groups is 1. The monoisotopic (exact) mass is 475 g/mol. The molecule has 0 aliphatic carbocycles. The van der Waals surface area contributed by atoms with E-state index in [-0.39, 0.29) is 18.9 Å². The molecule has 0 bridgehead atoms. The molecule has 34 heavy (non-hydrogen) atoms. The summed E-state index contributed by atoms with van der Waals surface area (Å²) in [6.45, 7) is 8.16. The summed E-state index contributed by atoms with van der Waals surface area (Å²) >= 11 is 0. The van der Waals surface area contributed by atoms with Crippen LogP contribution >= 0.6 is 0 Å². The SMILES string of the molecule is CN1CCN(C(=O)OC(C)(C)C)CC1(C)c1nc(C(=O)NCc2ccc(F)cc2)c(O)c(=O)[nH]1. The highest BCUT2D eigenvalue weighted by Crippen LogP contribution is 2.30. The van der Waals surface area contributed by atoms with Gasteiger partial charge in [-0.2, -0.15) is 0 Å². The lowest BCUT2D eigenvalue weighted by Crippen LogP contribution is -2.60. The number of hydrogen-bond donors (Lipinski definition) is 3. The van der Waals surface area contributed by atoms with Crippen molar-refractivity contribution in [2.24, 2.45) is 0 Å². The lowest BCUT2D eigenvalue weighted by Gasteiger charge is -2.46. The Labute approximate surface area is 196 Å². The van der Waals surface area contributed by atoms with Gasteiger partial charge in [-0.25, -0.2) is 14.2 Å². The van der Waals surface area contributed by atoms with Crippen molar-refractivity contribution >= 4 is 12.0 Å². The number of benzene rings is 1. The van der Waals surface area contributed by atoms with Gasteiger partial charge in [0.1, 0.15) is 17.2 Å². The van der Waals surface area contributed by atoms with Crippen LogP contribution in [0.5, 0.6) is 5.75 Å². The third kappa shape index (κ3) is 5.53. The van der Waals surface area contributed by atoms with E-state index in [1.807, 2.05) is 11.9 Å². The molecule has 10 nitrogen and oxygen atoms in total. The molecule has 1 fully saturated rings. The minimum atomic E-state index is -0.964. The van der Waals surface area contributed by atoms with Gasteiger partial charge in [0.25, 0.3) is 11.5 Å². The largest absolute Gasteiger partial charge is 0.501 e. The molecule has 2 aromatic rings. The fraction of sp³-hybridized carbons (Fsp3) is 0.478. The number of carbonyl (C=O) groups is 2. The lowest BCUT2D eigenvalue weighted by molar-refractivity contribution is -0.0163. The second kappa shape index (κ2) is 9.41. The molecule has 2 heterocycles. The summed E-state index contributed by atoms with van der Waals surface area (Å²) in [5, 5.41) is 12.8. The summed E-state index contributed by atoms with van der Waals surface area (Å²) in [5.74, 6) is -1.86. The smallest absolute Gasteiger partial charge is 0.410 e. The molecule has 1 aromatic carbocycles. The van der Waals surface area contributed by atoms with Crippen molar-refractivity contribution in [2.45, 2.75) is 45.4 Å². The van der Waals surface area contributed by atoms with Crippen molar-refractivity contribution in [3.63, 3.8) is 0 Å².